The molecule has 6 unspecified atom stereocenters. The van der Waals surface area contributed by atoms with Crippen molar-refractivity contribution in [3.8, 4) is 0 Å². The first-order chi connectivity index (χ1) is 17.3. The molecule has 5 rings (SSSR count). The zero-order valence-electron chi connectivity index (χ0n) is 21.5. The minimum absolute atomic E-state index is 0.0331. The van der Waals surface area contributed by atoms with E-state index in [-0.39, 0.29) is 60.6 Å². The van der Waals surface area contributed by atoms with Gasteiger partial charge in [0.1, 0.15) is 12.7 Å². The first kappa shape index (κ1) is 25.5. The molecule has 1 saturated heterocycles. The van der Waals surface area contributed by atoms with Gasteiger partial charge in [-0.1, -0.05) is 25.5 Å². The lowest BCUT2D eigenvalue weighted by Crippen LogP contribution is -2.58. The molecule has 0 aromatic carbocycles. The molecule has 6 atom stereocenters. The molecule has 8 heteroatoms. The van der Waals surface area contributed by atoms with Crippen molar-refractivity contribution in [1.29, 1.82) is 0 Å². The number of amides is 1. The standard InChI is InChI=1S/C28H39NO7/c1-27-9-7-23(36-25(32)6-5-24(31)29-10-13-34-14-11-29)28(2,17-30)22(27)4-3-18-15-19(16-21(18)27)20-8-12-35-26(20)33/h8,15,19,21-23,30H,3-7,9-14,16-17H2,1-2H3. The molecule has 5 aliphatic rings. The number of carbonyl (C=O) groups is 3. The second kappa shape index (κ2) is 9.93. The molecule has 36 heavy (non-hydrogen) atoms. The number of morpholine rings is 1. The Hall–Kier alpha value is -2.19. The van der Waals surface area contributed by atoms with Crippen LogP contribution in [0.2, 0.25) is 0 Å². The van der Waals surface area contributed by atoms with Gasteiger partial charge in [0.15, 0.2) is 0 Å². The second-order valence-electron chi connectivity index (χ2n) is 11.7. The van der Waals surface area contributed by atoms with E-state index in [1.54, 1.807) is 4.90 Å². The van der Waals surface area contributed by atoms with Crippen molar-refractivity contribution >= 4 is 17.8 Å². The fourth-order valence-corrected chi connectivity index (χ4v) is 7.81. The van der Waals surface area contributed by atoms with Gasteiger partial charge in [0.05, 0.1) is 26.2 Å². The minimum atomic E-state index is -0.550. The highest BCUT2D eigenvalue weighted by Crippen LogP contribution is 2.64. The summed E-state index contributed by atoms with van der Waals surface area (Å²) in [6, 6.07) is 0. The number of cyclic esters (lactones) is 1. The molecule has 2 saturated carbocycles. The molecule has 1 amide bonds. The summed E-state index contributed by atoms with van der Waals surface area (Å²) in [6.07, 6.45) is 8.38. The Morgan fingerprint density at radius 3 is 2.67 bits per heavy atom. The molecular weight excluding hydrogens is 462 g/mol. The number of rotatable bonds is 6. The first-order valence-corrected chi connectivity index (χ1v) is 13.5. The lowest BCUT2D eigenvalue weighted by molar-refractivity contribution is -0.187. The van der Waals surface area contributed by atoms with Crippen LogP contribution in [0.15, 0.2) is 23.3 Å². The Balaban J connectivity index is 1.24. The van der Waals surface area contributed by atoms with E-state index in [9.17, 15) is 19.5 Å². The van der Waals surface area contributed by atoms with Gasteiger partial charge in [-0.15, -0.1) is 0 Å². The zero-order chi connectivity index (χ0) is 25.5. The number of hydrogen-bond donors (Lipinski definition) is 1. The molecule has 3 aliphatic carbocycles. The average molecular weight is 502 g/mol. The normalized spacial score (nSPS) is 38.0. The quantitative estimate of drug-likeness (QED) is 0.441. The maximum atomic E-state index is 12.8. The zero-order valence-corrected chi connectivity index (χ0v) is 21.5. The van der Waals surface area contributed by atoms with Gasteiger partial charge >= 0.3 is 11.9 Å². The van der Waals surface area contributed by atoms with Crippen molar-refractivity contribution in [3.05, 3.63) is 23.3 Å². The number of carbonyl (C=O) groups excluding carboxylic acids is 3. The maximum absolute atomic E-state index is 12.8. The SMILES string of the molecule is CC1(CO)C(OC(=O)CCC(=O)N2CCOCC2)CCC2(C)C3CC(C4=CCOC4=O)C=C3CCC12. The fourth-order valence-electron chi connectivity index (χ4n) is 7.81. The molecule has 2 heterocycles. The molecule has 198 valence electrons. The highest BCUT2D eigenvalue weighted by molar-refractivity contribution is 5.91. The second-order valence-corrected chi connectivity index (χ2v) is 11.7. The van der Waals surface area contributed by atoms with Crippen molar-refractivity contribution in [3.63, 3.8) is 0 Å². The topological polar surface area (TPSA) is 102 Å². The van der Waals surface area contributed by atoms with Gasteiger partial charge in [0.25, 0.3) is 0 Å². The number of nitrogens with zero attached hydrogens (tertiary/aromatic N) is 1. The Labute approximate surface area is 213 Å². The van der Waals surface area contributed by atoms with E-state index >= 15 is 0 Å². The number of allylic oxidation sites excluding steroid dienone is 2. The van der Waals surface area contributed by atoms with Gasteiger partial charge in [-0.3, -0.25) is 9.59 Å². The Morgan fingerprint density at radius 2 is 1.97 bits per heavy atom. The van der Waals surface area contributed by atoms with Crippen LogP contribution in [0.4, 0.5) is 0 Å². The van der Waals surface area contributed by atoms with Crippen molar-refractivity contribution in [2.75, 3.05) is 39.5 Å². The number of aliphatic hydroxyl groups is 1. The summed E-state index contributed by atoms with van der Waals surface area (Å²) >= 11 is 0. The van der Waals surface area contributed by atoms with E-state index in [0.29, 0.717) is 45.2 Å². The lowest BCUT2D eigenvalue weighted by Gasteiger charge is -2.59. The van der Waals surface area contributed by atoms with Crippen LogP contribution >= 0.6 is 0 Å². The van der Waals surface area contributed by atoms with Crippen LogP contribution in [0.1, 0.15) is 58.8 Å². The van der Waals surface area contributed by atoms with E-state index in [1.165, 1.54) is 5.57 Å². The monoisotopic (exact) mass is 501 g/mol. The van der Waals surface area contributed by atoms with Crippen molar-refractivity contribution < 1.29 is 33.7 Å². The number of esters is 2. The van der Waals surface area contributed by atoms with Gasteiger partial charge in [-0.2, -0.15) is 0 Å². The number of ether oxygens (including phenoxy) is 3. The first-order valence-electron chi connectivity index (χ1n) is 13.5. The predicted octanol–water partition coefficient (Wildman–Crippen LogP) is 2.79. The van der Waals surface area contributed by atoms with Gasteiger partial charge < -0.3 is 24.2 Å². The highest BCUT2D eigenvalue weighted by atomic mass is 16.5. The van der Waals surface area contributed by atoms with Crippen LogP contribution in [0.5, 0.6) is 0 Å². The molecule has 0 aromatic heterocycles. The van der Waals surface area contributed by atoms with E-state index in [0.717, 1.165) is 31.3 Å². The van der Waals surface area contributed by atoms with Gasteiger partial charge in [0, 0.05) is 36.4 Å². The molecule has 2 aliphatic heterocycles. The third kappa shape index (κ3) is 4.40. The van der Waals surface area contributed by atoms with Crippen LogP contribution in [0, 0.1) is 28.6 Å². The van der Waals surface area contributed by atoms with E-state index in [4.69, 9.17) is 14.2 Å². The van der Waals surface area contributed by atoms with E-state index < -0.39 is 5.41 Å². The number of fused-ring (bicyclic) bond motifs is 3. The van der Waals surface area contributed by atoms with Gasteiger partial charge in [-0.25, -0.2) is 4.79 Å². The van der Waals surface area contributed by atoms with E-state index in [1.807, 2.05) is 6.08 Å². The predicted molar refractivity (Wildman–Crippen MR) is 130 cm³/mol. The van der Waals surface area contributed by atoms with Crippen LogP contribution in [0.25, 0.3) is 0 Å². The van der Waals surface area contributed by atoms with Crippen LogP contribution < -0.4 is 0 Å². The van der Waals surface area contributed by atoms with Crippen LogP contribution in [-0.4, -0.2) is 73.5 Å². The minimum Gasteiger partial charge on any atom is -0.462 e. The Morgan fingerprint density at radius 1 is 1.19 bits per heavy atom. The van der Waals surface area contributed by atoms with Crippen molar-refractivity contribution in [2.24, 2.45) is 28.6 Å². The molecule has 0 radical (unpaired) electrons. The lowest BCUT2D eigenvalue weighted by atomic mass is 9.46. The maximum Gasteiger partial charge on any atom is 0.334 e. The summed E-state index contributed by atoms with van der Waals surface area (Å²) in [6.45, 7) is 6.90. The summed E-state index contributed by atoms with van der Waals surface area (Å²) < 4.78 is 16.4. The molecule has 0 aromatic rings. The fraction of sp³-hybridized carbons (Fsp3) is 0.750. The molecule has 0 spiro atoms. The van der Waals surface area contributed by atoms with Gasteiger partial charge in [0.2, 0.25) is 5.91 Å². The van der Waals surface area contributed by atoms with Crippen molar-refractivity contribution in [1.82, 2.24) is 4.90 Å². The summed E-state index contributed by atoms with van der Waals surface area (Å²) in [5.41, 5.74) is 1.63. The van der Waals surface area contributed by atoms with Crippen LogP contribution in [0.3, 0.4) is 0 Å². The number of hydrogen-bond acceptors (Lipinski definition) is 7. The highest BCUT2D eigenvalue weighted by Gasteiger charge is 2.60. The summed E-state index contributed by atoms with van der Waals surface area (Å²) in [5.74, 6) is 0.0516. The third-order valence-electron chi connectivity index (χ3n) is 9.82. The molecule has 0 bridgehead atoms. The largest absolute Gasteiger partial charge is 0.462 e. The summed E-state index contributed by atoms with van der Waals surface area (Å²) in [7, 11) is 0. The Bertz CT molecular complexity index is 967. The average Bonchev–Trinajstić information content (AvgIpc) is 3.51. The molecule has 3 fully saturated rings. The van der Waals surface area contributed by atoms with Crippen molar-refractivity contribution in [2.45, 2.75) is 64.9 Å². The molecule has 1 N–H and O–H groups in total. The summed E-state index contributed by atoms with van der Waals surface area (Å²) in [5, 5.41) is 10.6. The third-order valence-corrected chi connectivity index (χ3v) is 9.82. The van der Waals surface area contributed by atoms with Gasteiger partial charge in [-0.05, 0) is 55.4 Å². The Kier molecular flexibility index (Phi) is 7.03. The molecule has 8 nitrogen and oxygen atoms in total. The molecular formula is C28H39NO7. The van der Waals surface area contributed by atoms with Crippen LogP contribution in [-0.2, 0) is 28.6 Å². The summed E-state index contributed by atoms with van der Waals surface area (Å²) in [4.78, 5) is 39.1. The smallest absolute Gasteiger partial charge is 0.334 e. The van der Waals surface area contributed by atoms with E-state index in [2.05, 4.69) is 19.9 Å². The number of aliphatic hydroxyl groups excluding tert-OH is 1.